The van der Waals surface area contributed by atoms with Crippen molar-refractivity contribution in [3.05, 3.63) is 82.0 Å². The van der Waals surface area contributed by atoms with Crippen LogP contribution in [0.5, 0.6) is 5.75 Å². The largest absolute Gasteiger partial charge is 0.493 e. The van der Waals surface area contributed by atoms with Gasteiger partial charge in [0.1, 0.15) is 16.8 Å². The van der Waals surface area contributed by atoms with E-state index < -0.39 is 0 Å². The van der Waals surface area contributed by atoms with Gasteiger partial charge < -0.3 is 15.0 Å². The highest BCUT2D eigenvalue weighted by atomic mass is 32.1. The van der Waals surface area contributed by atoms with Crippen LogP contribution in [0, 0.1) is 11.3 Å². The van der Waals surface area contributed by atoms with Crippen molar-refractivity contribution in [1.29, 1.82) is 5.26 Å². The van der Waals surface area contributed by atoms with Gasteiger partial charge in [-0.1, -0.05) is 24.3 Å². The number of hydrogen-bond acceptors (Lipinski definition) is 6. The first-order chi connectivity index (χ1) is 16.6. The third kappa shape index (κ3) is 5.33. The smallest absolute Gasteiger partial charge is 0.249 e. The summed E-state index contributed by atoms with van der Waals surface area (Å²) in [5.41, 5.74) is 3.07. The van der Waals surface area contributed by atoms with Crippen molar-refractivity contribution < 1.29 is 14.3 Å². The third-order valence-corrected chi connectivity index (χ3v) is 6.60. The van der Waals surface area contributed by atoms with Gasteiger partial charge in [0.15, 0.2) is 0 Å². The number of anilines is 1. The van der Waals surface area contributed by atoms with Gasteiger partial charge in [0.2, 0.25) is 11.8 Å². The minimum absolute atomic E-state index is 0.0204. The summed E-state index contributed by atoms with van der Waals surface area (Å²) in [6, 6.07) is 13.4. The van der Waals surface area contributed by atoms with Crippen LogP contribution in [0.15, 0.2) is 54.9 Å². The van der Waals surface area contributed by atoms with Gasteiger partial charge in [-0.3, -0.25) is 14.6 Å². The summed E-state index contributed by atoms with van der Waals surface area (Å²) in [4.78, 5) is 32.2. The minimum Gasteiger partial charge on any atom is -0.493 e. The van der Waals surface area contributed by atoms with E-state index in [0.717, 1.165) is 21.6 Å². The first-order valence-corrected chi connectivity index (χ1v) is 11.8. The van der Waals surface area contributed by atoms with Crippen molar-refractivity contribution in [2.24, 2.45) is 0 Å². The number of amides is 2. The lowest BCUT2D eigenvalue weighted by molar-refractivity contribution is -0.131. The molecule has 172 valence electrons. The Kier molecular flexibility index (Phi) is 7.35. The molecule has 8 heteroatoms. The molecule has 0 spiro atoms. The first-order valence-electron chi connectivity index (χ1n) is 11.0. The monoisotopic (exact) mass is 472 g/mol. The average Bonchev–Trinajstić information content (AvgIpc) is 3.20. The number of carbonyl (C=O) groups is 2. The summed E-state index contributed by atoms with van der Waals surface area (Å²) in [7, 11) is 0. The summed E-state index contributed by atoms with van der Waals surface area (Å²) in [5.74, 6) is 0.396. The van der Waals surface area contributed by atoms with E-state index in [1.165, 1.54) is 17.4 Å². The van der Waals surface area contributed by atoms with Crippen molar-refractivity contribution in [3.63, 3.8) is 0 Å². The standard InChI is InChI=1S/C26H24N4O3S/c1-2-33-22-8-4-3-7-19(22)9-10-24(31)29-26-21(15-27)20-11-13-30(17-23(20)34-26)25(32)14-18-6-5-12-28-16-18/h3-10,12,16H,2,11,13-14,17H2,1H3,(H,29,31)/b10-9+. The van der Waals surface area contributed by atoms with Gasteiger partial charge in [-0.2, -0.15) is 5.26 Å². The Hall–Kier alpha value is -3.96. The van der Waals surface area contributed by atoms with E-state index >= 15 is 0 Å². The van der Waals surface area contributed by atoms with Crippen LogP contribution in [-0.4, -0.2) is 34.8 Å². The van der Waals surface area contributed by atoms with Crippen molar-refractivity contribution >= 4 is 34.2 Å². The van der Waals surface area contributed by atoms with Crippen LogP contribution in [-0.2, 0) is 29.0 Å². The minimum atomic E-state index is -0.328. The molecule has 0 saturated heterocycles. The van der Waals surface area contributed by atoms with E-state index in [1.807, 2.05) is 43.3 Å². The van der Waals surface area contributed by atoms with Gasteiger partial charge in [-0.25, -0.2) is 0 Å². The number of pyridine rings is 1. The zero-order valence-electron chi connectivity index (χ0n) is 18.8. The number of ether oxygens (including phenoxy) is 1. The molecule has 0 aliphatic carbocycles. The lowest BCUT2D eigenvalue weighted by Crippen LogP contribution is -2.36. The molecule has 34 heavy (non-hydrogen) atoms. The van der Waals surface area contributed by atoms with Crippen LogP contribution in [0.4, 0.5) is 5.00 Å². The van der Waals surface area contributed by atoms with E-state index in [0.29, 0.717) is 42.4 Å². The van der Waals surface area contributed by atoms with Gasteiger partial charge in [-0.05, 0) is 42.7 Å². The van der Waals surface area contributed by atoms with Gasteiger partial charge >= 0.3 is 0 Å². The van der Waals surface area contributed by atoms with E-state index in [2.05, 4.69) is 16.4 Å². The summed E-state index contributed by atoms with van der Waals surface area (Å²) >= 11 is 1.36. The number of carbonyl (C=O) groups excluding carboxylic acids is 2. The number of hydrogen-bond donors (Lipinski definition) is 1. The highest BCUT2D eigenvalue weighted by Gasteiger charge is 2.27. The summed E-state index contributed by atoms with van der Waals surface area (Å²) < 4.78 is 5.59. The molecule has 0 unspecified atom stereocenters. The fourth-order valence-corrected chi connectivity index (χ4v) is 5.05. The topological polar surface area (TPSA) is 95.3 Å². The Morgan fingerprint density at radius 2 is 2.15 bits per heavy atom. The Morgan fingerprint density at radius 1 is 1.29 bits per heavy atom. The molecule has 1 aliphatic heterocycles. The summed E-state index contributed by atoms with van der Waals surface area (Å²) in [6.07, 6.45) is 7.37. The second kappa shape index (κ2) is 10.8. The van der Waals surface area contributed by atoms with Crippen molar-refractivity contribution in [1.82, 2.24) is 9.88 Å². The van der Waals surface area contributed by atoms with E-state index in [9.17, 15) is 14.9 Å². The first kappa shape index (κ1) is 23.2. The molecule has 0 bridgehead atoms. The molecule has 7 nitrogen and oxygen atoms in total. The molecule has 0 fully saturated rings. The number of fused-ring (bicyclic) bond motifs is 1. The van der Waals surface area contributed by atoms with Crippen LogP contribution >= 0.6 is 11.3 Å². The van der Waals surface area contributed by atoms with Crippen LogP contribution < -0.4 is 10.1 Å². The highest BCUT2D eigenvalue weighted by Crippen LogP contribution is 2.37. The Balaban J connectivity index is 1.45. The van der Waals surface area contributed by atoms with Gasteiger partial charge in [-0.15, -0.1) is 11.3 Å². The third-order valence-electron chi connectivity index (χ3n) is 5.47. The zero-order valence-corrected chi connectivity index (χ0v) is 19.6. The average molecular weight is 473 g/mol. The zero-order chi connectivity index (χ0) is 23.9. The normalized spacial score (nSPS) is 12.8. The van der Waals surface area contributed by atoms with E-state index in [4.69, 9.17) is 4.74 Å². The maximum atomic E-state index is 12.8. The van der Waals surface area contributed by atoms with Gasteiger partial charge in [0.25, 0.3) is 0 Å². The predicted molar refractivity (Wildman–Crippen MR) is 131 cm³/mol. The Bertz CT molecular complexity index is 1260. The molecule has 2 aromatic heterocycles. The Morgan fingerprint density at radius 3 is 2.91 bits per heavy atom. The van der Waals surface area contributed by atoms with E-state index in [-0.39, 0.29) is 18.2 Å². The molecule has 0 radical (unpaired) electrons. The molecular formula is C26H24N4O3S. The second-order valence-electron chi connectivity index (χ2n) is 7.72. The lowest BCUT2D eigenvalue weighted by Gasteiger charge is -2.27. The second-order valence-corrected chi connectivity index (χ2v) is 8.82. The molecular weight excluding hydrogens is 448 g/mol. The van der Waals surface area contributed by atoms with Crippen molar-refractivity contribution in [2.45, 2.75) is 26.3 Å². The maximum Gasteiger partial charge on any atom is 0.249 e. The number of rotatable bonds is 7. The van der Waals surface area contributed by atoms with Crippen molar-refractivity contribution in [2.75, 3.05) is 18.5 Å². The highest BCUT2D eigenvalue weighted by molar-refractivity contribution is 7.16. The molecule has 3 aromatic rings. The number of benzene rings is 1. The van der Waals surface area contributed by atoms with Gasteiger partial charge in [0.05, 0.1) is 25.1 Å². The number of para-hydroxylation sites is 1. The quantitative estimate of drug-likeness (QED) is 0.520. The number of thiophene rings is 1. The molecule has 4 rings (SSSR count). The van der Waals surface area contributed by atoms with Crippen molar-refractivity contribution in [3.8, 4) is 11.8 Å². The molecule has 2 amide bonds. The lowest BCUT2D eigenvalue weighted by atomic mass is 10.0. The molecule has 1 N–H and O–H groups in total. The molecule has 1 aliphatic rings. The van der Waals surface area contributed by atoms with E-state index in [1.54, 1.807) is 23.4 Å². The van der Waals surface area contributed by atoms with Crippen LogP contribution in [0.2, 0.25) is 0 Å². The van der Waals surface area contributed by atoms with Crippen LogP contribution in [0.1, 0.15) is 34.1 Å². The SMILES string of the molecule is CCOc1ccccc1/C=C/C(=O)Nc1sc2c(c1C#N)CCN(C(=O)Cc1cccnc1)C2. The summed E-state index contributed by atoms with van der Waals surface area (Å²) in [6.45, 7) is 3.41. The molecule has 1 aromatic carbocycles. The fraction of sp³-hybridized carbons (Fsp3) is 0.231. The summed E-state index contributed by atoms with van der Waals surface area (Å²) in [5, 5.41) is 13.1. The fourth-order valence-electron chi connectivity index (χ4n) is 3.84. The van der Waals surface area contributed by atoms with Gasteiger partial charge in [0, 0.05) is 35.5 Å². The predicted octanol–water partition coefficient (Wildman–Crippen LogP) is 4.19. The number of nitrogens with zero attached hydrogens (tertiary/aromatic N) is 3. The maximum absolute atomic E-state index is 12.8. The number of nitriles is 1. The molecule has 3 heterocycles. The Labute approximate surface area is 202 Å². The number of aromatic nitrogens is 1. The van der Waals surface area contributed by atoms with Crippen LogP contribution in [0.25, 0.3) is 6.08 Å². The number of nitrogens with one attached hydrogen (secondary N) is 1. The molecule has 0 saturated carbocycles. The molecule has 0 atom stereocenters. The van der Waals surface area contributed by atoms with Crippen LogP contribution in [0.3, 0.4) is 0 Å².